The average Bonchev–Trinajstić information content (AvgIpc) is 3.06. The van der Waals surface area contributed by atoms with Crippen molar-refractivity contribution >= 4 is 5.91 Å². The van der Waals surface area contributed by atoms with Crippen molar-refractivity contribution in [2.45, 2.75) is 52.1 Å². The molecule has 0 aromatic carbocycles. The van der Waals surface area contributed by atoms with Crippen LogP contribution < -0.4 is 5.56 Å². The normalized spacial score (nSPS) is 17.7. The third-order valence-corrected chi connectivity index (χ3v) is 4.75. The topological polar surface area (TPSA) is 73.0 Å². The molecule has 134 valence electrons. The molecule has 7 nitrogen and oxygen atoms in total. The molecule has 25 heavy (non-hydrogen) atoms. The minimum absolute atomic E-state index is 0.104. The Morgan fingerprint density at radius 1 is 1.36 bits per heavy atom. The van der Waals surface area contributed by atoms with Gasteiger partial charge in [0.05, 0.1) is 6.04 Å². The lowest BCUT2D eigenvalue weighted by molar-refractivity contribution is 0.0669. The molecule has 2 aromatic rings. The van der Waals surface area contributed by atoms with Gasteiger partial charge in [-0.2, -0.15) is 5.10 Å². The van der Waals surface area contributed by atoms with Crippen molar-refractivity contribution < 1.29 is 4.79 Å². The van der Waals surface area contributed by atoms with Gasteiger partial charge in [0.25, 0.3) is 11.5 Å². The Balaban J connectivity index is 1.76. The number of carbonyl (C=O) groups is 1. The van der Waals surface area contributed by atoms with Gasteiger partial charge in [0.15, 0.2) is 0 Å². The number of hydrogen-bond acceptors (Lipinski definition) is 4. The minimum Gasteiger partial charge on any atom is -0.335 e. The van der Waals surface area contributed by atoms with E-state index in [1.165, 1.54) is 10.7 Å². The molecule has 0 N–H and O–H groups in total. The van der Waals surface area contributed by atoms with Crippen LogP contribution in [0.15, 0.2) is 29.3 Å². The summed E-state index contributed by atoms with van der Waals surface area (Å²) in [6.07, 6.45) is 7.59. The summed E-state index contributed by atoms with van der Waals surface area (Å²) >= 11 is 0. The van der Waals surface area contributed by atoms with Crippen LogP contribution in [0, 0.1) is 6.92 Å². The van der Waals surface area contributed by atoms with Crippen molar-refractivity contribution in [3.8, 4) is 0 Å². The number of unbranched alkanes of at least 4 members (excludes halogenated alkanes) is 1. The van der Waals surface area contributed by atoms with Crippen LogP contribution in [-0.2, 0) is 6.54 Å². The van der Waals surface area contributed by atoms with Gasteiger partial charge in [-0.1, -0.05) is 13.3 Å². The van der Waals surface area contributed by atoms with Gasteiger partial charge < -0.3 is 9.47 Å². The summed E-state index contributed by atoms with van der Waals surface area (Å²) in [6, 6.07) is 3.22. The molecule has 0 saturated carbocycles. The molecule has 0 radical (unpaired) electrons. The second-order valence-electron chi connectivity index (χ2n) is 6.56. The molecule has 1 amide bonds. The molecular weight excluding hydrogens is 318 g/mol. The van der Waals surface area contributed by atoms with Crippen molar-refractivity contribution in [2.75, 3.05) is 13.1 Å². The first-order valence-corrected chi connectivity index (χ1v) is 8.97. The SMILES string of the molecule is CCCCn1nc(C(=O)N2CCC[C@@H](n3ccnc3C)C2)ccc1=O. The van der Waals surface area contributed by atoms with Gasteiger partial charge in [0.2, 0.25) is 0 Å². The molecule has 0 unspecified atom stereocenters. The highest BCUT2D eigenvalue weighted by atomic mass is 16.2. The molecule has 7 heteroatoms. The van der Waals surface area contributed by atoms with Crippen molar-refractivity contribution in [1.29, 1.82) is 0 Å². The van der Waals surface area contributed by atoms with Gasteiger partial charge in [-0.15, -0.1) is 0 Å². The summed E-state index contributed by atoms with van der Waals surface area (Å²) in [5, 5.41) is 4.28. The maximum absolute atomic E-state index is 12.9. The highest BCUT2D eigenvalue weighted by molar-refractivity contribution is 5.92. The standard InChI is InChI=1S/C18H25N5O2/c1-3-4-11-23-17(24)8-7-16(20-23)18(25)21-10-5-6-15(13-21)22-12-9-19-14(22)2/h7-9,12,15H,3-6,10-11,13H2,1-2H3/t15-/m1/s1. The maximum Gasteiger partial charge on any atom is 0.274 e. The second-order valence-corrected chi connectivity index (χ2v) is 6.56. The highest BCUT2D eigenvalue weighted by Crippen LogP contribution is 2.23. The third-order valence-electron chi connectivity index (χ3n) is 4.75. The van der Waals surface area contributed by atoms with E-state index in [-0.39, 0.29) is 17.5 Å². The fourth-order valence-corrected chi connectivity index (χ4v) is 3.33. The number of rotatable bonds is 5. The van der Waals surface area contributed by atoms with E-state index < -0.39 is 0 Å². The van der Waals surface area contributed by atoms with Crippen LogP contribution in [0.4, 0.5) is 0 Å². The lowest BCUT2D eigenvalue weighted by atomic mass is 10.0. The first-order chi connectivity index (χ1) is 12.1. The number of aromatic nitrogens is 4. The lowest BCUT2D eigenvalue weighted by Gasteiger charge is -2.33. The van der Waals surface area contributed by atoms with Crippen molar-refractivity contribution in [3.63, 3.8) is 0 Å². The molecule has 1 aliphatic heterocycles. The number of piperidine rings is 1. The largest absolute Gasteiger partial charge is 0.335 e. The minimum atomic E-state index is -0.157. The second kappa shape index (κ2) is 7.63. The molecule has 3 heterocycles. The van der Waals surface area contributed by atoms with Gasteiger partial charge in [0, 0.05) is 38.1 Å². The highest BCUT2D eigenvalue weighted by Gasteiger charge is 2.27. The quantitative estimate of drug-likeness (QED) is 0.833. The van der Waals surface area contributed by atoms with Crippen molar-refractivity contribution in [3.05, 3.63) is 46.4 Å². The molecule has 1 fully saturated rings. The van der Waals surface area contributed by atoms with E-state index >= 15 is 0 Å². The van der Waals surface area contributed by atoms with Crippen molar-refractivity contribution in [1.82, 2.24) is 24.2 Å². The number of aryl methyl sites for hydroxylation is 2. The van der Waals surface area contributed by atoms with E-state index in [2.05, 4.69) is 21.6 Å². The van der Waals surface area contributed by atoms with Crippen molar-refractivity contribution in [2.24, 2.45) is 0 Å². The Kier molecular flexibility index (Phi) is 5.31. The fourth-order valence-electron chi connectivity index (χ4n) is 3.33. The first-order valence-electron chi connectivity index (χ1n) is 8.97. The zero-order valence-electron chi connectivity index (χ0n) is 14.9. The molecule has 0 spiro atoms. The summed E-state index contributed by atoms with van der Waals surface area (Å²) < 4.78 is 3.53. The fraction of sp³-hybridized carbons (Fsp3) is 0.556. The molecular formula is C18H25N5O2. The monoisotopic (exact) mass is 343 g/mol. The molecule has 1 aliphatic rings. The smallest absolute Gasteiger partial charge is 0.274 e. The molecule has 0 aliphatic carbocycles. The summed E-state index contributed by atoms with van der Waals surface area (Å²) in [5.41, 5.74) is 0.189. The van der Waals surface area contributed by atoms with Crippen LogP contribution in [0.25, 0.3) is 0 Å². The van der Waals surface area contributed by atoms with Crippen LogP contribution in [0.3, 0.4) is 0 Å². The van der Waals surface area contributed by atoms with E-state index in [0.29, 0.717) is 18.8 Å². The van der Waals surface area contributed by atoms with E-state index in [4.69, 9.17) is 0 Å². The third kappa shape index (κ3) is 3.81. The summed E-state index contributed by atoms with van der Waals surface area (Å²) in [5.74, 6) is 0.859. The van der Waals surface area contributed by atoms with E-state index in [9.17, 15) is 9.59 Å². The number of nitrogens with zero attached hydrogens (tertiary/aromatic N) is 5. The molecule has 2 aromatic heterocycles. The van der Waals surface area contributed by atoms with Gasteiger partial charge in [-0.25, -0.2) is 9.67 Å². The number of hydrogen-bond donors (Lipinski definition) is 0. The van der Waals surface area contributed by atoms with Crippen LogP contribution in [0.2, 0.25) is 0 Å². The summed E-state index contributed by atoms with van der Waals surface area (Å²) in [7, 11) is 0. The predicted molar refractivity (Wildman–Crippen MR) is 94.5 cm³/mol. The van der Waals surface area contributed by atoms with Crippen LogP contribution in [-0.4, -0.2) is 43.2 Å². The van der Waals surface area contributed by atoms with Crippen LogP contribution in [0.1, 0.15) is 55.0 Å². The van der Waals surface area contributed by atoms with Gasteiger partial charge in [-0.3, -0.25) is 9.59 Å². The first kappa shape index (κ1) is 17.4. The zero-order chi connectivity index (χ0) is 17.8. The summed E-state index contributed by atoms with van der Waals surface area (Å²) in [6.45, 7) is 5.95. The number of carbonyl (C=O) groups excluding carboxylic acids is 1. The molecule has 1 atom stereocenters. The van der Waals surface area contributed by atoms with E-state index in [1.54, 1.807) is 12.3 Å². The maximum atomic E-state index is 12.9. The Hall–Kier alpha value is -2.44. The Morgan fingerprint density at radius 3 is 2.92 bits per heavy atom. The molecule has 3 rings (SSSR count). The van der Waals surface area contributed by atoms with Gasteiger partial charge >= 0.3 is 0 Å². The van der Waals surface area contributed by atoms with E-state index in [0.717, 1.165) is 38.1 Å². The average molecular weight is 343 g/mol. The molecule has 0 bridgehead atoms. The number of likely N-dealkylation sites (tertiary alicyclic amines) is 1. The number of amides is 1. The predicted octanol–water partition coefficient (Wildman–Crippen LogP) is 2.03. The van der Waals surface area contributed by atoms with E-state index in [1.807, 2.05) is 18.0 Å². The Labute approximate surface area is 147 Å². The number of imidazole rings is 1. The molecule has 1 saturated heterocycles. The van der Waals surface area contributed by atoms with Gasteiger partial charge in [-0.05, 0) is 32.3 Å². The summed E-state index contributed by atoms with van der Waals surface area (Å²) in [4.78, 5) is 30.9. The Bertz CT molecular complexity index is 795. The van der Waals surface area contributed by atoms with Gasteiger partial charge in [0.1, 0.15) is 11.5 Å². The zero-order valence-corrected chi connectivity index (χ0v) is 14.9. The Morgan fingerprint density at radius 2 is 2.20 bits per heavy atom. The van der Waals surface area contributed by atoms with Crippen LogP contribution in [0.5, 0.6) is 0 Å². The lowest BCUT2D eigenvalue weighted by Crippen LogP contribution is -2.41. The van der Waals surface area contributed by atoms with Crippen LogP contribution >= 0.6 is 0 Å².